The Bertz CT molecular complexity index is 293. The average molecular weight is 239 g/mol. The maximum absolute atomic E-state index is 10.7. The summed E-state index contributed by atoms with van der Waals surface area (Å²) < 4.78 is 5.96. The second-order valence-electron chi connectivity index (χ2n) is 6.36. The van der Waals surface area contributed by atoms with E-state index in [0.29, 0.717) is 0 Å². The number of ether oxygens (including phenoxy) is 1. The van der Waals surface area contributed by atoms with Crippen molar-refractivity contribution in [2.45, 2.75) is 50.2 Å². The lowest BCUT2D eigenvalue weighted by Crippen LogP contribution is -2.53. The van der Waals surface area contributed by atoms with E-state index in [1.165, 1.54) is 19.3 Å². The molecule has 3 N–H and O–H groups in total. The minimum Gasteiger partial charge on any atom is -0.480 e. The molecule has 4 aliphatic rings. The quantitative estimate of drug-likeness (QED) is 0.777. The van der Waals surface area contributed by atoms with E-state index in [1.54, 1.807) is 0 Å². The summed E-state index contributed by atoms with van der Waals surface area (Å²) >= 11 is 0. The number of carboxylic acid groups (broad SMARTS) is 1. The van der Waals surface area contributed by atoms with E-state index in [9.17, 15) is 4.79 Å². The van der Waals surface area contributed by atoms with Crippen LogP contribution in [0.4, 0.5) is 0 Å². The van der Waals surface area contributed by atoms with Gasteiger partial charge in [0.05, 0.1) is 12.2 Å². The molecule has 4 aliphatic carbocycles. The Morgan fingerprint density at radius 1 is 1.24 bits per heavy atom. The fourth-order valence-corrected chi connectivity index (χ4v) is 4.55. The van der Waals surface area contributed by atoms with E-state index in [4.69, 9.17) is 15.6 Å². The smallest absolute Gasteiger partial charge is 0.322 e. The van der Waals surface area contributed by atoms with Gasteiger partial charge in [0, 0.05) is 0 Å². The van der Waals surface area contributed by atoms with Crippen LogP contribution in [0.1, 0.15) is 38.5 Å². The van der Waals surface area contributed by atoms with Gasteiger partial charge in [0.25, 0.3) is 0 Å². The molecule has 4 rings (SSSR count). The molecule has 17 heavy (non-hydrogen) atoms. The van der Waals surface area contributed by atoms with E-state index in [2.05, 4.69) is 0 Å². The van der Waals surface area contributed by atoms with Gasteiger partial charge in [0.2, 0.25) is 0 Å². The molecule has 0 saturated heterocycles. The lowest BCUT2D eigenvalue weighted by molar-refractivity contribution is -0.169. The van der Waals surface area contributed by atoms with Crippen LogP contribution in [0.3, 0.4) is 0 Å². The minimum absolute atomic E-state index is 0.0260. The summed E-state index contributed by atoms with van der Waals surface area (Å²) in [6.45, 7) is 0.168. The lowest BCUT2D eigenvalue weighted by Gasteiger charge is -2.56. The Morgan fingerprint density at radius 2 is 1.71 bits per heavy atom. The van der Waals surface area contributed by atoms with Gasteiger partial charge in [-0.2, -0.15) is 0 Å². The van der Waals surface area contributed by atoms with Gasteiger partial charge in [-0.3, -0.25) is 4.79 Å². The summed E-state index contributed by atoms with van der Waals surface area (Å²) in [6, 6.07) is -0.872. The van der Waals surface area contributed by atoms with Gasteiger partial charge in [-0.1, -0.05) is 0 Å². The van der Waals surface area contributed by atoms with Crippen molar-refractivity contribution in [2.75, 3.05) is 6.61 Å². The zero-order valence-electron chi connectivity index (χ0n) is 10.1. The molecule has 4 saturated carbocycles. The van der Waals surface area contributed by atoms with E-state index < -0.39 is 12.0 Å². The van der Waals surface area contributed by atoms with Crippen LogP contribution in [0.5, 0.6) is 0 Å². The highest BCUT2D eigenvalue weighted by molar-refractivity contribution is 5.73. The number of hydrogen-bond acceptors (Lipinski definition) is 3. The molecule has 0 aromatic rings. The number of hydrogen-bond donors (Lipinski definition) is 2. The normalized spacial score (nSPS) is 44.9. The molecular weight excluding hydrogens is 218 g/mol. The first-order chi connectivity index (χ1) is 8.06. The molecule has 0 aromatic heterocycles. The maximum atomic E-state index is 10.7. The standard InChI is InChI=1S/C13H21NO3/c14-11(12(15)16)7-17-13-4-8-1-9(5-13)3-10(2-8)6-13/h8-11H,1-7,14H2,(H,15,16). The van der Waals surface area contributed by atoms with Crippen LogP contribution in [-0.2, 0) is 9.53 Å². The van der Waals surface area contributed by atoms with Gasteiger partial charge >= 0.3 is 5.97 Å². The first-order valence-electron chi connectivity index (χ1n) is 6.69. The molecule has 1 unspecified atom stereocenters. The van der Waals surface area contributed by atoms with Gasteiger partial charge in [0.1, 0.15) is 6.04 Å². The molecule has 96 valence electrons. The Balaban J connectivity index is 1.64. The van der Waals surface area contributed by atoms with Gasteiger partial charge in [0.15, 0.2) is 0 Å². The number of aliphatic carboxylic acids is 1. The fourth-order valence-electron chi connectivity index (χ4n) is 4.55. The van der Waals surface area contributed by atoms with Gasteiger partial charge in [-0.25, -0.2) is 0 Å². The van der Waals surface area contributed by atoms with E-state index in [0.717, 1.165) is 37.0 Å². The van der Waals surface area contributed by atoms with Crippen molar-refractivity contribution in [2.24, 2.45) is 23.5 Å². The van der Waals surface area contributed by atoms with Gasteiger partial charge < -0.3 is 15.6 Å². The maximum Gasteiger partial charge on any atom is 0.322 e. The minimum atomic E-state index is -0.963. The summed E-state index contributed by atoms with van der Waals surface area (Å²) in [5.41, 5.74) is 5.50. The Hall–Kier alpha value is -0.610. The van der Waals surface area contributed by atoms with Crippen molar-refractivity contribution in [3.8, 4) is 0 Å². The third-order valence-electron chi connectivity index (χ3n) is 4.87. The third kappa shape index (κ3) is 2.08. The highest BCUT2D eigenvalue weighted by atomic mass is 16.5. The molecule has 4 fully saturated rings. The van der Waals surface area contributed by atoms with Crippen molar-refractivity contribution in [1.82, 2.24) is 0 Å². The SMILES string of the molecule is NC(COC12CC3CC(CC(C3)C1)C2)C(=O)O. The van der Waals surface area contributed by atoms with Crippen molar-refractivity contribution in [3.05, 3.63) is 0 Å². The van der Waals surface area contributed by atoms with E-state index in [-0.39, 0.29) is 12.2 Å². The number of carbonyl (C=O) groups is 1. The molecular formula is C13H21NO3. The van der Waals surface area contributed by atoms with Crippen LogP contribution in [0.2, 0.25) is 0 Å². The summed E-state index contributed by atoms with van der Waals surface area (Å²) in [4.78, 5) is 10.7. The van der Waals surface area contributed by atoms with Crippen molar-refractivity contribution < 1.29 is 14.6 Å². The molecule has 4 nitrogen and oxygen atoms in total. The Morgan fingerprint density at radius 3 is 2.12 bits per heavy atom. The first-order valence-corrected chi connectivity index (χ1v) is 6.69. The lowest BCUT2D eigenvalue weighted by atomic mass is 9.54. The molecule has 0 aliphatic heterocycles. The zero-order chi connectivity index (χ0) is 12.0. The van der Waals surface area contributed by atoms with E-state index in [1.807, 2.05) is 0 Å². The molecule has 0 amide bonds. The molecule has 4 heteroatoms. The highest BCUT2D eigenvalue weighted by Gasteiger charge is 2.51. The molecule has 4 bridgehead atoms. The molecule has 0 radical (unpaired) electrons. The summed E-state index contributed by atoms with van der Waals surface area (Å²) in [5.74, 6) is 1.50. The second kappa shape index (κ2) is 3.95. The Kier molecular flexibility index (Phi) is 2.67. The van der Waals surface area contributed by atoms with Crippen LogP contribution in [-0.4, -0.2) is 29.3 Å². The van der Waals surface area contributed by atoms with Crippen molar-refractivity contribution in [3.63, 3.8) is 0 Å². The van der Waals surface area contributed by atoms with Crippen molar-refractivity contribution in [1.29, 1.82) is 0 Å². The number of nitrogens with two attached hydrogens (primary N) is 1. The van der Waals surface area contributed by atoms with Crippen LogP contribution in [0.15, 0.2) is 0 Å². The predicted octanol–water partition coefficient (Wildman–Crippen LogP) is 1.38. The van der Waals surface area contributed by atoms with Crippen LogP contribution in [0.25, 0.3) is 0 Å². The van der Waals surface area contributed by atoms with Gasteiger partial charge in [-0.05, 0) is 56.3 Å². The van der Waals surface area contributed by atoms with E-state index >= 15 is 0 Å². The first kappa shape index (κ1) is 11.5. The summed E-state index contributed by atoms with van der Waals surface area (Å²) in [6.07, 6.45) is 7.50. The number of rotatable bonds is 4. The van der Waals surface area contributed by atoms with Gasteiger partial charge in [-0.15, -0.1) is 0 Å². The topological polar surface area (TPSA) is 72.5 Å². The summed E-state index contributed by atoms with van der Waals surface area (Å²) in [7, 11) is 0. The van der Waals surface area contributed by atoms with Crippen LogP contribution in [0, 0.1) is 17.8 Å². The molecule has 1 atom stereocenters. The predicted molar refractivity (Wildman–Crippen MR) is 62.5 cm³/mol. The van der Waals surface area contributed by atoms with Crippen LogP contribution >= 0.6 is 0 Å². The third-order valence-corrected chi connectivity index (χ3v) is 4.87. The Labute approximate surface area is 102 Å². The summed E-state index contributed by atoms with van der Waals surface area (Å²) in [5, 5.41) is 8.79. The average Bonchev–Trinajstić information content (AvgIpc) is 2.24. The monoisotopic (exact) mass is 239 g/mol. The largest absolute Gasteiger partial charge is 0.480 e. The highest BCUT2D eigenvalue weighted by Crippen LogP contribution is 2.57. The van der Waals surface area contributed by atoms with Crippen molar-refractivity contribution >= 4 is 5.97 Å². The zero-order valence-corrected chi connectivity index (χ0v) is 10.1. The molecule has 0 spiro atoms. The molecule has 0 aromatic carbocycles. The second-order valence-corrected chi connectivity index (χ2v) is 6.36. The molecule has 0 heterocycles. The van der Waals surface area contributed by atoms with Crippen LogP contribution < -0.4 is 5.73 Å². The number of carboxylic acids is 1. The fraction of sp³-hybridized carbons (Fsp3) is 0.923.